The van der Waals surface area contributed by atoms with Crippen molar-refractivity contribution < 1.29 is 25.3 Å². The Morgan fingerprint density at radius 1 is 0.806 bits per heavy atom. The van der Waals surface area contributed by atoms with Gasteiger partial charge in [0.2, 0.25) is 30.1 Å². The molecule has 2 aromatic rings. The molecule has 1 fully saturated rings. The molecule has 2 N–H and O–H groups in total. The molecule has 170 valence electrons. The quantitative estimate of drug-likeness (QED) is 0.549. The average molecular weight is 488 g/mol. The second-order valence-electron chi connectivity index (χ2n) is 7.30. The van der Waals surface area contributed by atoms with Crippen LogP contribution in [0.2, 0.25) is 0 Å². The van der Waals surface area contributed by atoms with Crippen molar-refractivity contribution in [2.24, 2.45) is 0 Å². The van der Waals surface area contributed by atoms with Gasteiger partial charge in [-0.2, -0.15) is 4.31 Å². The highest BCUT2D eigenvalue weighted by molar-refractivity contribution is 7.92. The van der Waals surface area contributed by atoms with Crippen molar-refractivity contribution in [3.05, 3.63) is 54.1 Å². The minimum Gasteiger partial charge on any atom is -0.284 e. The van der Waals surface area contributed by atoms with Crippen molar-refractivity contribution in [1.29, 1.82) is 0 Å². The van der Waals surface area contributed by atoms with Crippen LogP contribution < -0.4 is 9.44 Å². The number of rotatable bonds is 9. The van der Waals surface area contributed by atoms with Crippen LogP contribution in [0, 0.1) is 0 Å². The van der Waals surface area contributed by atoms with Crippen LogP contribution in [0.4, 0.5) is 5.69 Å². The van der Waals surface area contributed by atoms with Crippen molar-refractivity contribution in [3.63, 3.8) is 0 Å². The summed E-state index contributed by atoms with van der Waals surface area (Å²) in [6, 6.07) is 11.8. The molecule has 0 bridgehead atoms. The molecule has 0 radical (unpaired) electrons. The maximum atomic E-state index is 12.5. The van der Waals surface area contributed by atoms with Crippen molar-refractivity contribution in [2.75, 3.05) is 30.6 Å². The SMILES string of the molecule is CS(=O)(=O)Nc1ccc(S(=O)(=O)NCCc2ccc(S(=O)(=O)N3CCCC3)cc2)cc1. The summed E-state index contributed by atoms with van der Waals surface area (Å²) >= 11 is 0. The molecule has 0 unspecified atom stereocenters. The van der Waals surface area contributed by atoms with E-state index in [4.69, 9.17) is 0 Å². The Kier molecular flexibility index (Phi) is 7.06. The van der Waals surface area contributed by atoms with Gasteiger partial charge in [-0.1, -0.05) is 12.1 Å². The number of anilines is 1. The molecule has 0 saturated carbocycles. The number of benzene rings is 2. The van der Waals surface area contributed by atoms with Crippen LogP contribution in [-0.2, 0) is 36.5 Å². The van der Waals surface area contributed by atoms with E-state index in [2.05, 4.69) is 9.44 Å². The predicted octanol–water partition coefficient (Wildman–Crippen LogP) is 1.36. The van der Waals surface area contributed by atoms with E-state index in [-0.39, 0.29) is 22.0 Å². The molecule has 0 aliphatic carbocycles. The molecule has 0 aromatic heterocycles. The van der Waals surface area contributed by atoms with Crippen LogP contribution in [0.5, 0.6) is 0 Å². The summed E-state index contributed by atoms with van der Waals surface area (Å²) in [6.45, 7) is 1.21. The minimum absolute atomic E-state index is 0.0126. The topological polar surface area (TPSA) is 130 Å². The largest absolute Gasteiger partial charge is 0.284 e. The summed E-state index contributed by atoms with van der Waals surface area (Å²) in [5.74, 6) is 0. The van der Waals surface area contributed by atoms with Gasteiger partial charge in [-0.25, -0.2) is 30.0 Å². The monoisotopic (exact) mass is 487 g/mol. The van der Waals surface area contributed by atoms with E-state index in [9.17, 15) is 25.3 Å². The average Bonchev–Trinajstić information content (AvgIpc) is 3.23. The summed E-state index contributed by atoms with van der Waals surface area (Å²) in [7, 11) is -10.7. The molecular weight excluding hydrogens is 462 g/mol. The molecule has 2 aromatic carbocycles. The summed E-state index contributed by atoms with van der Waals surface area (Å²) < 4.78 is 78.6. The number of sulfonamides is 3. The zero-order valence-electron chi connectivity index (χ0n) is 17.0. The van der Waals surface area contributed by atoms with E-state index in [1.165, 1.54) is 28.6 Å². The molecule has 0 amide bonds. The van der Waals surface area contributed by atoms with Crippen LogP contribution in [0.15, 0.2) is 58.3 Å². The lowest BCUT2D eigenvalue weighted by molar-refractivity contribution is 0.477. The van der Waals surface area contributed by atoms with Crippen LogP contribution in [0.3, 0.4) is 0 Å². The standard InChI is InChI=1S/C19H25N3O6S3/c1-29(23,24)21-17-6-10-18(11-7-17)30(25,26)20-13-12-16-4-8-19(9-5-16)31(27,28)22-14-2-3-15-22/h4-11,20-21H,2-3,12-15H2,1H3. The Bertz CT molecular complexity index is 1220. The number of hydrogen-bond donors (Lipinski definition) is 2. The zero-order chi connectivity index (χ0) is 22.7. The molecule has 0 atom stereocenters. The molecule has 1 heterocycles. The second kappa shape index (κ2) is 9.25. The molecule has 9 nitrogen and oxygen atoms in total. The smallest absolute Gasteiger partial charge is 0.243 e. The van der Waals surface area contributed by atoms with E-state index in [1.54, 1.807) is 24.3 Å². The van der Waals surface area contributed by atoms with Crippen LogP contribution >= 0.6 is 0 Å². The van der Waals surface area contributed by atoms with E-state index in [0.29, 0.717) is 19.5 Å². The Morgan fingerprint density at radius 3 is 1.90 bits per heavy atom. The van der Waals surface area contributed by atoms with Crippen molar-refractivity contribution in [1.82, 2.24) is 9.03 Å². The van der Waals surface area contributed by atoms with Gasteiger partial charge in [0, 0.05) is 25.3 Å². The first-order valence-electron chi connectivity index (χ1n) is 9.64. The van der Waals surface area contributed by atoms with E-state index >= 15 is 0 Å². The fraction of sp³-hybridized carbons (Fsp3) is 0.368. The maximum absolute atomic E-state index is 12.5. The molecule has 1 aliphatic rings. The maximum Gasteiger partial charge on any atom is 0.243 e. The predicted molar refractivity (Wildman–Crippen MR) is 118 cm³/mol. The highest BCUT2D eigenvalue weighted by Crippen LogP contribution is 2.21. The van der Waals surface area contributed by atoms with Crippen molar-refractivity contribution in [3.8, 4) is 0 Å². The summed E-state index contributed by atoms with van der Waals surface area (Å²) in [6.07, 6.45) is 3.13. The normalized spacial score (nSPS) is 15.8. The van der Waals surface area contributed by atoms with E-state index in [1.807, 2.05) is 0 Å². The zero-order valence-corrected chi connectivity index (χ0v) is 19.4. The van der Waals surface area contributed by atoms with Crippen molar-refractivity contribution in [2.45, 2.75) is 29.1 Å². The molecule has 12 heteroatoms. The third kappa shape index (κ3) is 6.26. The summed E-state index contributed by atoms with van der Waals surface area (Å²) in [5.41, 5.74) is 1.07. The Labute approximate surface area is 183 Å². The van der Waals surface area contributed by atoms with Gasteiger partial charge in [-0.3, -0.25) is 4.72 Å². The van der Waals surface area contributed by atoms with Gasteiger partial charge >= 0.3 is 0 Å². The van der Waals surface area contributed by atoms with Crippen LogP contribution in [0.1, 0.15) is 18.4 Å². The third-order valence-electron chi connectivity index (χ3n) is 4.80. The Morgan fingerprint density at radius 2 is 1.35 bits per heavy atom. The van der Waals surface area contributed by atoms with E-state index in [0.717, 1.165) is 24.7 Å². The molecule has 1 saturated heterocycles. The first kappa shape index (κ1) is 23.7. The minimum atomic E-state index is -3.76. The first-order chi connectivity index (χ1) is 14.5. The molecular formula is C19H25N3O6S3. The Balaban J connectivity index is 1.58. The fourth-order valence-corrected chi connectivity index (χ4v) is 6.35. The molecule has 1 aliphatic heterocycles. The fourth-order valence-electron chi connectivity index (χ4n) is 3.23. The van der Waals surface area contributed by atoms with E-state index < -0.39 is 30.1 Å². The van der Waals surface area contributed by atoms with Gasteiger partial charge in [-0.15, -0.1) is 0 Å². The van der Waals surface area contributed by atoms with Gasteiger partial charge in [0.05, 0.1) is 16.0 Å². The summed E-state index contributed by atoms with van der Waals surface area (Å²) in [4.78, 5) is 0.250. The number of nitrogens with zero attached hydrogens (tertiary/aromatic N) is 1. The van der Waals surface area contributed by atoms with Gasteiger partial charge in [0.1, 0.15) is 0 Å². The molecule has 31 heavy (non-hydrogen) atoms. The van der Waals surface area contributed by atoms with Gasteiger partial charge in [-0.05, 0) is 61.2 Å². The highest BCUT2D eigenvalue weighted by Gasteiger charge is 2.26. The second-order valence-corrected chi connectivity index (χ2v) is 12.8. The lowest BCUT2D eigenvalue weighted by Crippen LogP contribution is -2.28. The first-order valence-corrected chi connectivity index (χ1v) is 14.5. The Hall–Kier alpha value is -1.99. The number of nitrogens with one attached hydrogen (secondary N) is 2. The summed E-state index contributed by atoms with van der Waals surface area (Å²) in [5, 5.41) is 0. The highest BCUT2D eigenvalue weighted by atomic mass is 32.2. The van der Waals surface area contributed by atoms with Crippen LogP contribution in [0.25, 0.3) is 0 Å². The van der Waals surface area contributed by atoms with Gasteiger partial charge < -0.3 is 0 Å². The van der Waals surface area contributed by atoms with Crippen molar-refractivity contribution >= 4 is 35.8 Å². The van der Waals surface area contributed by atoms with Crippen LogP contribution in [-0.4, -0.2) is 55.4 Å². The molecule has 0 spiro atoms. The molecule has 3 rings (SSSR count). The lowest BCUT2D eigenvalue weighted by Gasteiger charge is -2.15. The van der Waals surface area contributed by atoms with Gasteiger partial charge in [0.15, 0.2) is 0 Å². The third-order valence-corrected chi connectivity index (χ3v) is 8.80. The number of hydrogen-bond acceptors (Lipinski definition) is 6. The van der Waals surface area contributed by atoms with Gasteiger partial charge in [0.25, 0.3) is 0 Å². The lowest BCUT2D eigenvalue weighted by atomic mass is 10.2.